The van der Waals surface area contributed by atoms with Crippen molar-refractivity contribution in [2.45, 2.75) is 26.7 Å². The SMILES string of the molecule is CCc1cc(N)ccc1Oc1ccc(-c2cccc3c2Cc2ccccc2-3)cc1C. The van der Waals surface area contributed by atoms with Crippen molar-refractivity contribution in [3.05, 3.63) is 101 Å². The lowest BCUT2D eigenvalue weighted by Gasteiger charge is -2.15. The molecule has 0 saturated heterocycles. The van der Waals surface area contributed by atoms with Gasteiger partial charge in [0.05, 0.1) is 0 Å². The molecule has 5 rings (SSSR count). The zero-order valence-corrected chi connectivity index (χ0v) is 17.4. The molecule has 148 valence electrons. The third kappa shape index (κ3) is 3.15. The largest absolute Gasteiger partial charge is 0.457 e. The van der Waals surface area contributed by atoms with E-state index in [1.165, 1.54) is 33.4 Å². The number of hydrogen-bond donors (Lipinski definition) is 1. The first kappa shape index (κ1) is 18.5. The molecule has 4 aromatic rings. The van der Waals surface area contributed by atoms with E-state index in [0.717, 1.165) is 41.2 Å². The minimum Gasteiger partial charge on any atom is -0.457 e. The van der Waals surface area contributed by atoms with Gasteiger partial charge in [-0.05, 0) is 94.6 Å². The van der Waals surface area contributed by atoms with E-state index in [9.17, 15) is 0 Å². The van der Waals surface area contributed by atoms with E-state index < -0.39 is 0 Å². The van der Waals surface area contributed by atoms with Crippen molar-refractivity contribution in [1.29, 1.82) is 0 Å². The van der Waals surface area contributed by atoms with Gasteiger partial charge in [-0.3, -0.25) is 0 Å². The Bertz CT molecular complexity index is 1260. The van der Waals surface area contributed by atoms with E-state index in [2.05, 4.69) is 74.5 Å². The molecule has 0 aromatic heterocycles. The van der Waals surface area contributed by atoms with Gasteiger partial charge in [0, 0.05) is 5.69 Å². The normalized spacial score (nSPS) is 11.8. The minimum atomic E-state index is 0.769. The van der Waals surface area contributed by atoms with Gasteiger partial charge in [-0.25, -0.2) is 0 Å². The van der Waals surface area contributed by atoms with Crippen LogP contribution in [0.25, 0.3) is 22.3 Å². The molecule has 0 atom stereocenters. The highest BCUT2D eigenvalue weighted by atomic mass is 16.5. The standard InChI is InChI=1S/C28H25NO/c1-3-19-16-22(29)12-14-28(19)30-27-13-11-21(15-18(27)2)24-9-6-10-25-23-8-5-4-7-20(23)17-26(24)25/h4-16H,3,17,29H2,1-2H3. The van der Waals surface area contributed by atoms with Crippen LogP contribution in [0.2, 0.25) is 0 Å². The summed E-state index contributed by atoms with van der Waals surface area (Å²) in [6.45, 7) is 4.23. The predicted molar refractivity (Wildman–Crippen MR) is 125 cm³/mol. The average Bonchev–Trinajstić information content (AvgIpc) is 3.15. The fourth-order valence-electron chi connectivity index (χ4n) is 4.45. The van der Waals surface area contributed by atoms with E-state index in [0.29, 0.717) is 0 Å². The number of hydrogen-bond acceptors (Lipinski definition) is 2. The topological polar surface area (TPSA) is 35.2 Å². The highest BCUT2D eigenvalue weighted by Crippen LogP contribution is 2.42. The number of nitrogen functional groups attached to an aromatic ring is 1. The Balaban J connectivity index is 1.50. The van der Waals surface area contributed by atoms with Crippen molar-refractivity contribution < 1.29 is 4.74 Å². The average molecular weight is 392 g/mol. The number of benzene rings is 4. The van der Waals surface area contributed by atoms with Crippen molar-refractivity contribution in [3.8, 4) is 33.8 Å². The molecule has 0 bridgehead atoms. The van der Waals surface area contributed by atoms with Crippen LogP contribution in [0.5, 0.6) is 11.5 Å². The Morgan fingerprint density at radius 3 is 2.40 bits per heavy atom. The predicted octanol–water partition coefficient (Wildman–Crippen LogP) is 7.17. The minimum absolute atomic E-state index is 0.769. The monoisotopic (exact) mass is 391 g/mol. The van der Waals surface area contributed by atoms with Crippen LogP contribution >= 0.6 is 0 Å². The van der Waals surface area contributed by atoms with E-state index in [4.69, 9.17) is 10.5 Å². The summed E-state index contributed by atoms with van der Waals surface area (Å²) < 4.78 is 6.26. The van der Waals surface area contributed by atoms with Gasteiger partial charge in [-0.2, -0.15) is 0 Å². The highest BCUT2D eigenvalue weighted by Gasteiger charge is 2.21. The molecule has 0 heterocycles. The van der Waals surface area contributed by atoms with Gasteiger partial charge < -0.3 is 10.5 Å². The second kappa shape index (κ2) is 7.38. The lowest BCUT2D eigenvalue weighted by atomic mass is 9.94. The molecule has 2 N–H and O–H groups in total. The van der Waals surface area contributed by atoms with Crippen LogP contribution < -0.4 is 10.5 Å². The van der Waals surface area contributed by atoms with E-state index in [-0.39, 0.29) is 0 Å². The maximum atomic E-state index is 6.26. The van der Waals surface area contributed by atoms with Crippen LogP contribution in [-0.2, 0) is 12.8 Å². The first-order chi connectivity index (χ1) is 14.6. The quantitative estimate of drug-likeness (QED) is 0.330. The fourth-order valence-corrected chi connectivity index (χ4v) is 4.45. The van der Waals surface area contributed by atoms with Gasteiger partial charge in [0.1, 0.15) is 11.5 Å². The molecule has 0 radical (unpaired) electrons. The van der Waals surface area contributed by atoms with Crippen LogP contribution in [0.15, 0.2) is 78.9 Å². The summed E-state index contributed by atoms with van der Waals surface area (Å²) in [6, 6.07) is 27.7. The fraction of sp³-hybridized carbons (Fsp3) is 0.143. The van der Waals surface area contributed by atoms with Crippen molar-refractivity contribution >= 4 is 5.69 Å². The number of nitrogens with two attached hydrogens (primary N) is 1. The molecule has 0 fully saturated rings. The van der Waals surface area contributed by atoms with Gasteiger partial charge in [-0.15, -0.1) is 0 Å². The Morgan fingerprint density at radius 2 is 1.57 bits per heavy atom. The molecule has 0 aliphatic heterocycles. The number of ether oxygens (including phenoxy) is 1. The second-order valence-corrected chi connectivity index (χ2v) is 7.97. The van der Waals surface area contributed by atoms with Crippen molar-refractivity contribution in [1.82, 2.24) is 0 Å². The summed E-state index contributed by atoms with van der Waals surface area (Å²) in [6.07, 6.45) is 1.87. The summed E-state index contributed by atoms with van der Waals surface area (Å²) in [5.41, 5.74) is 17.0. The van der Waals surface area contributed by atoms with Gasteiger partial charge in [0.2, 0.25) is 0 Å². The second-order valence-electron chi connectivity index (χ2n) is 7.97. The zero-order chi connectivity index (χ0) is 20.7. The molecule has 0 spiro atoms. The van der Waals surface area contributed by atoms with E-state index >= 15 is 0 Å². The summed E-state index contributed by atoms with van der Waals surface area (Å²) >= 11 is 0. The van der Waals surface area contributed by atoms with E-state index in [1.807, 2.05) is 18.2 Å². The summed E-state index contributed by atoms with van der Waals surface area (Å²) in [5, 5.41) is 0. The first-order valence-electron chi connectivity index (χ1n) is 10.5. The summed E-state index contributed by atoms with van der Waals surface area (Å²) in [4.78, 5) is 0. The van der Waals surface area contributed by atoms with Crippen LogP contribution in [0.3, 0.4) is 0 Å². The van der Waals surface area contributed by atoms with Crippen molar-refractivity contribution in [3.63, 3.8) is 0 Å². The molecular formula is C28H25NO. The molecule has 4 aromatic carbocycles. The molecule has 0 unspecified atom stereocenters. The van der Waals surface area contributed by atoms with Gasteiger partial charge in [-0.1, -0.05) is 55.5 Å². The van der Waals surface area contributed by atoms with E-state index in [1.54, 1.807) is 0 Å². The molecule has 0 amide bonds. The first-order valence-corrected chi connectivity index (χ1v) is 10.5. The van der Waals surface area contributed by atoms with Gasteiger partial charge in [0.25, 0.3) is 0 Å². The number of fused-ring (bicyclic) bond motifs is 3. The number of aryl methyl sites for hydroxylation is 2. The molecule has 2 nitrogen and oxygen atoms in total. The Labute approximate surface area is 178 Å². The Kier molecular flexibility index (Phi) is 4.55. The van der Waals surface area contributed by atoms with Crippen LogP contribution in [-0.4, -0.2) is 0 Å². The number of rotatable bonds is 4. The number of anilines is 1. The molecule has 0 saturated carbocycles. The zero-order valence-electron chi connectivity index (χ0n) is 17.4. The van der Waals surface area contributed by atoms with Crippen LogP contribution in [0.4, 0.5) is 5.69 Å². The molecule has 1 aliphatic carbocycles. The summed E-state index contributed by atoms with van der Waals surface area (Å²) in [7, 11) is 0. The van der Waals surface area contributed by atoms with Crippen LogP contribution in [0.1, 0.15) is 29.2 Å². The third-order valence-electron chi connectivity index (χ3n) is 6.02. The maximum absolute atomic E-state index is 6.26. The van der Waals surface area contributed by atoms with Crippen molar-refractivity contribution in [2.24, 2.45) is 0 Å². The third-order valence-corrected chi connectivity index (χ3v) is 6.02. The lowest BCUT2D eigenvalue weighted by Crippen LogP contribution is -1.95. The van der Waals surface area contributed by atoms with Gasteiger partial charge in [0.15, 0.2) is 0 Å². The van der Waals surface area contributed by atoms with Crippen molar-refractivity contribution in [2.75, 3.05) is 5.73 Å². The van der Waals surface area contributed by atoms with Crippen LogP contribution in [0, 0.1) is 6.92 Å². The molecule has 2 heteroatoms. The van der Waals surface area contributed by atoms with Gasteiger partial charge >= 0.3 is 0 Å². The highest BCUT2D eigenvalue weighted by molar-refractivity contribution is 5.85. The molecule has 1 aliphatic rings. The molecular weight excluding hydrogens is 366 g/mol. The smallest absolute Gasteiger partial charge is 0.130 e. The Morgan fingerprint density at radius 1 is 0.800 bits per heavy atom. The summed E-state index contributed by atoms with van der Waals surface area (Å²) in [5.74, 6) is 1.76. The molecule has 30 heavy (non-hydrogen) atoms. The Hall–Kier alpha value is -3.52. The maximum Gasteiger partial charge on any atom is 0.130 e. The lowest BCUT2D eigenvalue weighted by molar-refractivity contribution is 0.473.